The molecule has 2 aromatic rings. The number of anilines is 1. The molecule has 0 saturated carbocycles. The fourth-order valence-corrected chi connectivity index (χ4v) is 2.45. The van der Waals surface area contributed by atoms with Crippen LogP contribution >= 0.6 is 0 Å². The smallest absolute Gasteiger partial charge is 0.279 e. The second-order valence-electron chi connectivity index (χ2n) is 5.92. The van der Waals surface area contributed by atoms with Crippen molar-refractivity contribution in [3.63, 3.8) is 0 Å². The van der Waals surface area contributed by atoms with Gasteiger partial charge in [0.2, 0.25) is 0 Å². The van der Waals surface area contributed by atoms with Gasteiger partial charge >= 0.3 is 0 Å². The van der Waals surface area contributed by atoms with Crippen LogP contribution in [0.3, 0.4) is 0 Å². The Kier molecular flexibility index (Phi) is 6.58. The highest BCUT2D eigenvalue weighted by Crippen LogP contribution is 2.13. The number of carbonyl (C=O) groups is 1. The van der Waals surface area contributed by atoms with Crippen LogP contribution in [0.2, 0.25) is 0 Å². The molecule has 0 fully saturated rings. The van der Waals surface area contributed by atoms with Crippen LogP contribution in [0.1, 0.15) is 11.1 Å². The van der Waals surface area contributed by atoms with Gasteiger partial charge in [-0.2, -0.15) is 0 Å². The number of para-hydroxylation sites is 1. The molecule has 0 aliphatic rings. The molecule has 0 heterocycles. The minimum atomic E-state index is 0.0211. The standard InChI is InChI=1S/C20H24N2O2/c1-4-13-24-18-11-9-17(10-12-18)14-22(3)15-20(23)21-19-8-6-5-7-16(19)2/h4-12H,1,13-15H2,2-3H3,(H,21,23)/p+1. The normalized spacial score (nSPS) is 11.6. The molecule has 1 atom stereocenters. The monoisotopic (exact) mass is 325 g/mol. The number of quaternary nitrogens is 1. The first-order valence-electron chi connectivity index (χ1n) is 8.08. The summed E-state index contributed by atoms with van der Waals surface area (Å²) in [6.45, 7) is 7.32. The number of amides is 1. The third-order valence-electron chi connectivity index (χ3n) is 3.68. The van der Waals surface area contributed by atoms with Gasteiger partial charge in [-0.15, -0.1) is 0 Å². The SMILES string of the molecule is C=CCOc1ccc(C[NH+](C)CC(=O)Nc2ccccc2C)cc1. The highest BCUT2D eigenvalue weighted by molar-refractivity contribution is 5.92. The van der Waals surface area contributed by atoms with Gasteiger partial charge in [0.15, 0.2) is 6.54 Å². The van der Waals surface area contributed by atoms with Crippen molar-refractivity contribution < 1.29 is 14.4 Å². The van der Waals surface area contributed by atoms with Crippen LogP contribution < -0.4 is 15.0 Å². The second-order valence-corrected chi connectivity index (χ2v) is 5.92. The third-order valence-corrected chi connectivity index (χ3v) is 3.68. The Morgan fingerprint density at radius 3 is 2.58 bits per heavy atom. The van der Waals surface area contributed by atoms with Crippen molar-refractivity contribution >= 4 is 11.6 Å². The van der Waals surface area contributed by atoms with Gasteiger partial charge in [0, 0.05) is 11.3 Å². The van der Waals surface area contributed by atoms with E-state index in [9.17, 15) is 4.79 Å². The van der Waals surface area contributed by atoms with Crippen molar-refractivity contribution in [3.8, 4) is 5.75 Å². The van der Waals surface area contributed by atoms with E-state index >= 15 is 0 Å². The molecule has 126 valence electrons. The van der Waals surface area contributed by atoms with E-state index in [2.05, 4.69) is 11.9 Å². The number of likely N-dealkylation sites (N-methyl/N-ethyl adjacent to an activating group) is 1. The molecule has 1 amide bonds. The predicted octanol–water partition coefficient (Wildman–Crippen LogP) is 2.21. The molecule has 4 nitrogen and oxygen atoms in total. The summed E-state index contributed by atoms with van der Waals surface area (Å²) in [6, 6.07) is 15.7. The maximum absolute atomic E-state index is 12.2. The number of hydrogen-bond acceptors (Lipinski definition) is 2. The fourth-order valence-electron chi connectivity index (χ4n) is 2.45. The van der Waals surface area contributed by atoms with Gasteiger partial charge in [0.1, 0.15) is 18.9 Å². The lowest BCUT2D eigenvalue weighted by molar-refractivity contribution is -0.885. The molecule has 24 heavy (non-hydrogen) atoms. The molecule has 0 saturated heterocycles. The molecule has 0 aliphatic carbocycles. The van der Waals surface area contributed by atoms with E-state index < -0.39 is 0 Å². The third kappa shape index (κ3) is 5.56. The van der Waals surface area contributed by atoms with E-state index in [0.717, 1.165) is 28.4 Å². The summed E-state index contributed by atoms with van der Waals surface area (Å²) in [7, 11) is 2.01. The summed E-state index contributed by atoms with van der Waals surface area (Å²) in [6.07, 6.45) is 1.72. The van der Waals surface area contributed by atoms with Gasteiger partial charge in [0.25, 0.3) is 5.91 Å². The molecule has 0 aromatic heterocycles. The Morgan fingerprint density at radius 1 is 1.21 bits per heavy atom. The Hall–Kier alpha value is -2.59. The second kappa shape index (κ2) is 8.89. The largest absolute Gasteiger partial charge is 0.490 e. The summed E-state index contributed by atoms with van der Waals surface area (Å²) in [5.41, 5.74) is 3.11. The van der Waals surface area contributed by atoms with E-state index in [1.807, 2.05) is 62.5 Å². The van der Waals surface area contributed by atoms with Gasteiger partial charge in [-0.1, -0.05) is 30.9 Å². The van der Waals surface area contributed by atoms with Gasteiger partial charge in [-0.3, -0.25) is 4.79 Å². The lowest BCUT2D eigenvalue weighted by Crippen LogP contribution is -3.08. The molecule has 1 unspecified atom stereocenters. The average molecular weight is 325 g/mol. The van der Waals surface area contributed by atoms with Crippen LogP contribution in [0.25, 0.3) is 0 Å². The topological polar surface area (TPSA) is 42.8 Å². The maximum Gasteiger partial charge on any atom is 0.279 e. The Morgan fingerprint density at radius 2 is 1.92 bits per heavy atom. The molecule has 0 radical (unpaired) electrons. The number of hydrogen-bond donors (Lipinski definition) is 2. The van der Waals surface area contributed by atoms with Crippen LogP contribution in [-0.2, 0) is 11.3 Å². The zero-order valence-corrected chi connectivity index (χ0v) is 14.3. The first kappa shape index (κ1) is 17.8. The van der Waals surface area contributed by atoms with E-state index in [1.165, 1.54) is 5.56 Å². The minimum absolute atomic E-state index is 0.0211. The molecular weight excluding hydrogens is 300 g/mol. The van der Waals surface area contributed by atoms with Crippen LogP contribution in [-0.4, -0.2) is 26.1 Å². The van der Waals surface area contributed by atoms with E-state index in [1.54, 1.807) is 6.08 Å². The quantitative estimate of drug-likeness (QED) is 0.731. The van der Waals surface area contributed by atoms with Gasteiger partial charge < -0.3 is 15.0 Å². The first-order valence-corrected chi connectivity index (χ1v) is 8.08. The van der Waals surface area contributed by atoms with Gasteiger partial charge in [-0.25, -0.2) is 0 Å². The summed E-state index contributed by atoms with van der Waals surface area (Å²) in [5, 5.41) is 2.97. The van der Waals surface area contributed by atoms with Crippen LogP contribution in [0, 0.1) is 6.92 Å². The summed E-state index contributed by atoms with van der Waals surface area (Å²) < 4.78 is 5.47. The summed E-state index contributed by atoms with van der Waals surface area (Å²) in [5.74, 6) is 0.848. The van der Waals surface area contributed by atoms with Crippen LogP contribution in [0.15, 0.2) is 61.2 Å². The molecule has 2 rings (SSSR count). The number of nitrogens with one attached hydrogen (secondary N) is 2. The fraction of sp³-hybridized carbons (Fsp3) is 0.250. The molecule has 2 aromatic carbocycles. The molecule has 0 spiro atoms. The molecular formula is C20H25N2O2+. The van der Waals surface area contributed by atoms with Crippen molar-refractivity contribution in [2.24, 2.45) is 0 Å². The zero-order valence-electron chi connectivity index (χ0n) is 14.3. The van der Waals surface area contributed by atoms with Gasteiger partial charge in [-0.05, 0) is 42.8 Å². The van der Waals surface area contributed by atoms with Crippen molar-refractivity contribution in [2.75, 3.05) is 25.5 Å². The van der Waals surface area contributed by atoms with Crippen LogP contribution in [0.5, 0.6) is 5.75 Å². The minimum Gasteiger partial charge on any atom is -0.490 e. The van der Waals surface area contributed by atoms with E-state index in [4.69, 9.17) is 4.74 Å². The number of aryl methyl sites for hydroxylation is 1. The zero-order chi connectivity index (χ0) is 17.4. The predicted molar refractivity (Wildman–Crippen MR) is 97.4 cm³/mol. The van der Waals surface area contributed by atoms with Crippen LogP contribution in [0.4, 0.5) is 5.69 Å². The summed E-state index contributed by atoms with van der Waals surface area (Å²) >= 11 is 0. The highest BCUT2D eigenvalue weighted by Gasteiger charge is 2.11. The lowest BCUT2D eigenvalue weighted by Gasteiger charge is -2.15. The number of benzene rings is 2. The molecule has 0 aliphatic heterocycles. The Balaban J connectivity index is 1.84. The molecule has 2 N–H and O–H groups in total. The molecule has 4 heteroatoms. The van der Waals surface area contributed by atoms with E-state index in [-0.39, 0.29) is 5.91 Å². The number of ether oxygens (including phenoxy) is 1. The van der Waals surface area contributed by atoms with Crippen molar-refractivity contribution in [1.29, 1.82) is 0 Å². The average Bonchev–Trinajstić information content (AvgIpc) is 2.56. The van der Waals surface area contributed by atoms with Crippen molar-refractivity contribution in [1.82, 2.24) is 0 Å². The van der Waals surface area contributed by atoms with Crippen molar-refractivity contribution in [3.05, 3.63) is 72.3 Å². The number of rotatable bonds is 8. The highest BCUT2D eigenvalue weighted by atomic mass is 16.5. The van der Waals surface area contributed by atoms with Crippen molar-refractivity contribution in [2.45, 2.75) is 13.5 Å². The lowest BCUT2D eigenvalue weighted by atomic mass is 10.2. The molecule has 0 bridgehead atoms. The number of carbonyl (C=O) groups excluding carboxylic acids is 1. The Bertz CT molecular complexity index is 680. The van der Waals surface area contributed by atoms with Gasteiger partial charge in [0.05, 0.1) is 7.05 Å². The van der Waals surface area contributed by atoms with E-state index in [0.29, 0.717) is 13.2 Å². The first-order chi connectivity index (χ1) is 11.6. The maximum atomic E-state index is 12.2. The summed E-state index contributed by atoms with van der Waals surface area (Å²) in [4.78, 5) is 13.3. The Labute approximate surface area is 143 Å².